The van der Waals surface area contributed by atoms with Crippen LogP contribution in [0, 0.1) is 0 Å². The lowest BCUT2D eigenvalue weighted by molar-refractivity contribution is -0.134. The fourth-order valence-corrected chi connectivity index (χ4v) is 2.87. The van der Waals surface area contributed by atoms with Crippen molar-refractivity contribution in [2.75, 3.05) is 7.11 Å². The summed E-state index contributed by atoms with van der Waals surface area (Å²) >= 11 is 1.66. The molecule has 0 N–H and O–H groups in total. The molecule has 0 radical (unpaired) electrons. The number of rotatable bonds is 3. The van der Waals surface area contributed by atoms with E-state index < -0.39 is 0 Å². The van der Waals surface area contributed by atoms with Crippen molar-refractivity contribution in [3.05, 3.63) is 52.9 Å². The third-order valence-electron chi connectivity index (χ3n) is 3.25. The van der Waals surface area contributed by atoms with Gasteiger partial charge in [-0.2, -0.15) is 0 Å². The summed E-state index contributed by atoms with van der Waals surface area (Å²) in [6.07, 6.45) is 3.22. The van der Waals surface area contributed by atoms with Crippen LogP contribution in [-0.4, -0.2) is 13.1 Å². The first-order valence-corrected chi connectivity index (χ1v) is 7.68. The Hall–Kier alpha value is -1.87. The molecule has 1 heterocycles. The molecule has 3 heteroatoms. The van der Waals surface area contributed by atoms with Gasteiger partial charge in [-0.1, -0.05) is 45.0 Å². The number of benzene rings is 1. The van der Waals surface area contributed by atoms with E-state index in [9.17, 15) is 4.79 Å². The van der Waals surface area contributed by atoms with E-state index in [4.69, 9.17) is 0 Å². The summed E-state index contributed by atoms with van der Waals surface area (Å²) in [5, 5.41) is 0. The Morgan fingerprint density at radius 3 is 2.33 bits per heavy atom. The highest BCUT2D eigenvalue weighted by molar-refractivity contribution is 7.16. The Bertz CT molecular complexity index is 643. The lowest BCUT2D eigenvalue weighted by atomic mass is 9.86. The molecule has 0 atom stereocenters. The normalized spacial score (nSPS) is 11.8. The van der Waals surface area contributed by atoms with Gasteiger partial charge in [0.05, 0.1) is 7.11 Å². The summed E-state index contributed by atoms with van der Waals surface area (Å²) in [7, 11) is 1.38. The van der Waals surface area contributed by atoms with Gasteiger partial charge in [-0.3, -0.25) is 0 Å². The van der Waals surface area contributed by atoms with E-state index in [1.807, 2.05) is 6.07 Å². The van der Waals surface area contributed by atoms with Crippen LogP contribution in [-0.2, 0) is 14.9 Å². The molecule has 0 aliphatic rings. The van der Waals surface area contributed by atoms with Gasteiger partial charge in [0.1, 0.15) is 0 Å². The topological polar surface area (TPSA) is 26.3 Å². The van der Waals surface area contributed by atoms with Crippen LogP contribution in [0.15, 0.2) is 42.5 Å². The Morgan fingerprint density at radius 2 is 1.76 bits per heavy atom. The summed E-state index contributed by atoms with van der Waals surface area (Å²) in [5.41, 5.74) is 2.70. The van der Waals surface area contributed by atoms with E-state index >= 15 is 0 Å². The van der Waals surface area contributed by atoms with Gasteiger partial charge in [-0.25, -0.2) is 4.79 Å². The first-order chi connectivity index (χ1) is 9.90. The average molecular weight is 300 g/mol. The van der Waals surface area contributed by atoms with Crippen molar-refractivity contribution in [3.8, 4) is 10.4 Å². The third-order valence-corrected chi connectivity index (χ3v) is 4.35. The van der Waals surface area contributed by atoms with Crippen molar-refractivity contribution in [3.63, 3.8) is 0 Å². The van der Waals surface area contributed by atoms with Crippen LogP contribution >= 0.6 is 11.3 Å². The molecule has 0 bridgehead atoms. The Kier molecular flexibility index (Phi) is 4.63. The van der Waals surface area contributed by atoms with Crippen LogP contribution in [0.5, 0.6) is 0 Å². The van der Waals surface area contributed by atoms with Gasteiger partial charge in [0.15, 0.2) is 0 Å². The van der Waals surface area contributed by atoms with Crippen molar-refractivity contribution in [1.29, 1.82) is 0 Å². The summed E-state index contributed by atoms with van der Waals surface area (Å²) in [6.45, 7) is 6.63. The average Bonchev–Trinajstić information content (AvgIpc) is 2.93. The van der Waals surface area contributed by atoms with E-state index in [0.29, 0.717) is 0 Å². The molecule has 0 aliphatic heterocycles. The predicted molar refractivity (Wildman–Crippen MR) is 89.5 cm³/mol. The van der Waals surface area contributed by atoms with Crippen LogP contribution < -0.4 is 0 Å². The molecule has 110 valence electrons. The SMILES string of the molecule is COC(=O)/C=C/c1ccc(-c2ccc(C(C)(C)C)cc2)s1. The van der Waals surface area contributed by atoms with Crippen LogP contribution in [0.3, 0.4) is 0 Å². The highest BCUT2D eigenvalue weighted by Gasteiger charge is 2.13. The predicted octanol–water partition coefficient (Wildman–Crippen LogP) is 4.90. The van der Waals surface area contributed by atoms with Crippen molar-refractivity contribution >= 4 is 23.4 Å². The van der Waals surface area contributed by atoms with Crippen molar-refractivity contribution < 1.29 is 9.53 Å². The number of hydrogen-bond donors (Lipinski definition) is 0. The molecule has 1 aromatic carbocycles. The smallest absolute Gasteiger partial charge is 0.330 e. The maximum Gasteiger partial charge on any atom is 0.330 e. The highest BCUT2D eigenvalue weighted by atomic mass is 32.1. The minimum atomic E-state index is -0.334. The Balaban J connectivity index is 2.18. The fourth-order valence-electron chi connectivity index (χ4n) is 1.95. The first kappa shape index (κ1) is 15.5. The van der Waals surface area contributed by atoms with Gasteiger partial charge in [0.2, 0.25) is 0 Å². The largest absolute Gasteiger partial charge is 0.466 e. The Morgan fingerprint density at radius 1 is 1.10 bits per heavy atom. The van der Waals surface area contributed by atoms with E-state index in [2.05, 4.69) is 55.8 Å². The van der Waals surface area contributed by atoms with Crippen LogP contribution in [0.4, 0.5) is 0 Å². The number of methoxy groups -OCH3 is 1. The van der Waals surface area contributed by atoms with Gasteiger partial charge in [0, 0.05) is 15.8 Å². The number of carbonyl (C=O) groups is 1. The van der Waals surface area contributed by atoms with Gasteiger partial charge in [-0.15, -0.1) is 11.3 Å². The Labute approximate surface area is 130 Å². The molecule has 1 aromatic heterocycles. The second-order valence-electron chi connectivity index (χ2n) is 5.89. The lowest BCUT2D eigenvalue weighted by Gasteiger charge is -2.18. The van der Waals surface area contributed by atoms with E-state index in [-0.39, 0.29) is 11.4 Å². The van der Waals surface area contributed by atoms with Crippen LogP contribution in [0.25, 0.3) is 16.5 Å². The molecule has 2 nitrogen and oxygen atoms in total. The van der Waals surface area contributed by atoms with E-state index in [0.717, 1.165) is 4.88 Å². The summed E-state index contributed by atoms with van der Waals surface area (Å²) < 4.78 is 4.59. The molecule has 0 unspecified atom stereocenters. The zero-order chi connectivity index (χ0) is 15.5. The van der Waals surface area contributed by atoms with Gasteiger partial charge in [0.25, 0.3) is 0 Å². The number of thiophene rings is 1. The summed E-state index contributed by atoms with van der Waals surface area (Å²) in [5.74, 6) is -0.334. The van der Waals surface area contributed by atoms with Crippen molar-refractivity contribution in [2.24, 2.45) is 0 Å². The van der Waals surface area contributed by atoms with Crippen LogP contribution in [0.1, 0.15) is 31.2 Å². The first-order valence-electron chi connectivity index (χ1n) is 6.87. The zero-order valence-corrected chi connectivity index (χ0v) is 13.7. The second kappa shape index (κ2) is 6.27. The third kappa shape index (κ3) is 4.05. The molecule has 0 spiro atoms. The number of ether oxygens (including phenoxy) is 1. The lowest BCUT2D eigenvalue weighted by Crippen LogP contribution is -2.10. The maximum atomic E-state index is 11.1. The van der Waals surface area contributed by atoms with Gasteiger partial charge < -0.3 is 4.74 Å². The molecular formula is C18H20O2S. The number of carbonyl (C=O) groups excluding carboxylic acids is 1. The van der Waals surface area contributed by atoms with E-state index in [1.165, 1.54) is 29.2 Å². The quantitative estimate of drug-likeness (QED) is 0.595. The summed E-state index contributed by atoms with van der Waals surface area (Å²) in [6, 6.07) is 12.8. The summed E-state index contributed by atoms with van der Waals surface area (Å²) in [4.78, 5) is 13.3. The standard InChI is InChI=1S/C18H20O2S/c1-18(2,3)14-7-5-13(6-8-14)16-11-9-15(21-16)10-12-17(19)20-4/h5-12H,1-4H3/b12-10+. The molecule has 21 heavy (non-hydrogen) atoms. The minimum absolute atomic E-state index is 0.169. The zero-order valence-electron chi connectivity index (χ0n) is 12.8. The molecule has 0 fully saturated rings. The monoisotopic (exact) mass is 300 g/mol. The highest BCUT2D eigenvalue weighted by Crippen LogP contribution is 2.31. The molecule has 0 amide bonds. The van der Waals surface area contributed by atoms with Crippen molar-refractivity contribution in [2.45, 2.75) is 26.2 Å². The molecule has 0 saturated heterocycles. The fraction of sp³-hybridized carbons (Fsp3) is 0.278. The molecule has 0 saturated carbocycles. The molecule has 0 aliphatic carbocycles. The van der Waals surface area contributed by atoms with E-state index in [1.54, 1.807) is 17.4 Å². The second-order valence-corrected chi connectivity index (χ2v) is 7.00. The van der Waals surface area contributed by atoms with Gasteiger partial charge in [-0.05, 0) is 34.8 Å². The van der Waals surface area contributed by atoms with Crippen LogP contribution in [0.2, 0.25) is 0 Å². The van der Waals surface area contributed by atoms with Crippen molar-refractivity contribution in [1.82, 2.24) is 0 Å². The molecule has 2 aromatic rings. The maximum absolute atomic E-state index is 11.1. The molecule has 2 rings (SSSR count). The minimum Gasteiger partial charge on any atom is -0.466 e. The molecular weight excluding hydrogens is 280 g/mol. The number of hydrogen-bond acceptors (Lipinski definition) is 3. The number of esters is 1. The van der Waals surface area contributed by atoms with Gasteiger partial charge >= 0.3 is 5.97 Å².